The van der Waals surface area contributed by atoms with Crippen LogP contribution in [0.15, 0.2) is 30.3 Å². The Bertz CT molecular complexity index is 402. The smallest absolute Gasteiger partial charge is 0.394 e. The van der Waals surface area contributed by atoms with Gasteiger partial charge in [0.1, 0.15) is 5.75 Å². The average molecular weight is 377 g/mol. The van der Waals surface area contributed by atoms with Crippen LogP contribution in [0, 0.1) is 0 Å². The molecular formula is C17H32NO6P. The van der Waals surface area contributed by atoms with Crippen molar-refractivity contribution >= 4 is 8.60 Å². The van der Waals surface area contributed by atoms with E-state index in [9.17, 15) is 4.89 Å². The van der Waals surface area contributed by atoms with Gasteiger partial charge in [0.15, 0.2) is 0 Å². The van der Waals surface area contributed by atoms with Gasteiger partial charge in [-0.3, -0.25) is 0 Å². The van der Waals surface area contributed by atoms with Crippen LogP contribution in [0.25, 0.3) is 0 Å². The molecular weight excluding hydrogens is 345 g/mol. The lowest BCUT2D eigenvalue weighted by atomic mass is 10.1. The van der Waals surface area contributed by atoms with E-state index < -0.39 is 21.1 Å². The highest BCUT2D eigenvalue weighted by Crippen LogP contribution is 2.34. The Hall–Kier alpha value is -0.790. The number of rotatable bonds is 12. The second-order valence-corrected chi connectivity index (χ2v) is 6.49. The minimum atomic E-state index is -2.68. The number of hydrogen-bond donors (Lipinski definition) is 5. The molecule has 0 fully saturated rings. The fourth-order valence-corrected chi connectivity index (χ4v) is 2.44. The van der Waals surface area contributed by atoms with E-state index in [4.69, 9.17) is 24.4 Å². The lowest BCUT2D eigenvalue weighted by molar-refractivity contribution is -0.302. The fraction of sp³-hybridized carbons (Fsp3) is 0.647. The first-order chi connectivity index (χ1) is 11.9. The van der Waals surface area contributed by atoms with Crippen LogP contribution in [0.1, 0.15) is 51.9 Å². The van der Waals surface area contributed by atoms with E-state index in [2.05, 4.69) is 12.7 Å². The van der Waals surface area contributed by atoms with Gasteiger partial charge in [-0.2, -0.15) is 0 Å². The molecule has 0 saturated heterocycles. The van der Waals surface area contributed by atoms with E-state index in [-0.39, 0.29) is 0 Å². The van der Waals surface area contributed by atoms with Crippen molar-refractivity contribution < 1.29 is 29.3 Å². The molecule has 0 heterocycles. The van der Waals surface area contributed by atoms with E-state index >= 15 is 0 Å². The first-order valence-corrected chi connectivity index (χ1v) is 9.74. The monoisotopic (exact) mass is 377 g/mol. The second kappa shape index (κ2) is 15.5. The normalized spacial score (nSPS) is 12.2. The van der Waals surface area contributed by atoms with Gasteiger partial charge in [0.2, 0.25) is 0 Å². The van der Waals surface area contributed by atoms with Crippen molar-refractivity contribution in [3.63, 3.8) is 0 Å². The number of nitrogens with two attached hydrogens (primary N) is 1. The standard InChI is InChI=1S/C15H25O3P.C2H7NO3/c1-2-3-4-5-6-7-11-14-17-19(16)18-15-12-9-8-10-13-15;3-1-2(4,5)6/h8-10,12-13,16H,2-7,11,14H2,1H3;4-6H,1,3H2. The molecule has 0 amide bonds. The highest BCUT2D eigenvalue weighted by molar-refractivity contribution is 7.41. The Morgan fingerprint density at radius 2 is 1.48 bits per heavy atom. The predicted octanol–water partition coefficient (Wildman–Crippen LogP) is 2.63. The van der Waals surface area contributed by atoms with Crippen LogP contribution in [0.5, 0.6) is 5.75 Å². The van der Waals surface area contributed by atoms with Crippen LogP contribution in [0.3, 0.4) is 0 Å². The molecule has 0 bridgehead atoms. The van der Waals surface area contributed by atoms with Crippen molar-refractivity contribution in [1.82, 2.24) is 0 Å². The summed E-state index contributed by atoms with van der Waals surface area (Å²) in [5.74, 6) is -2.03. The minimum absolute atomic E-state index is 0.562. The summed E-state index contributed by atoms with van der Waals surface area (Å²) in [5, 5.41) is 23.4. The van der Waals surface area contributed by atoms with Gasteiger partial charge in [0.05, 0.1) is 13.2 Å². The van der Waals surface area contributed by atoms with Crippen LogP contribution in [-0.2, 0) is 4.52 Å². The van der Waals surface area contributed by atoms with Crippen LogP contribution >= 0.6 is 8.60 Å². The summed E-state index contributed by atoms with van der Waals surface area (Å²) >= 11 is 0. The molecule has 146 valence electrons. The SMILES string of the molecule is CCCCCCCCCOP(O)Oc1ccccc1.NCC(O)(O)O. The number of hydrogen-bond acceptors (Lipinski definition) is 7. The van der Waals surface area contributed by atoms with E-state index in [0.29, 0.717) is 12.4 Å². The molecule has 0 saturated carbocycles. The first kappa shape index (κ1) is 24.2. The minimum Gasteiger partial charge on any atom is -0.427 e. The molecule has 25 heavy (non-hydrogen) atoms. The highest BCUT2D eigenvalue weighted by atomic mass is 31.2. The van der Waals surface area contributed by atoms with Gasteiger partial charge in [-0.25, -0.2) is 0 Å². The number of benzene rings is 1. The third kappa shape index (κ3) is 17.8. The summed E-state index contributed by atoms with van der Waals surface area (Å²) in [4.78, 5) is 9.60. The molecule has 1 unspecified atom stereocenters. The molecule has 1 rings (SSSR count). The Kier molecular flexibility index (Phi) is 15.0. The lowest BCUT2D eigenvalue weighted by Gasteiger charge is -2.11. The molecule has 7 nitrogen and oxygen atoms in total. The molecule has 1 aromatic rings. The molecule has 0 spiro atoms. The van der Waals surface area contributed by atoms with Crippen molar-refractivity contribution in [3.05, 3.63) is 30.3 Å². The maximum absolute atomic E-state index is 9.60. The number of unbranched alkanes of at least 4 members (excludes halogenated alkanes) is 6. The topological polar surface area (TPSA) is 125 Å². The van der Waals surface area contributed by atoms with Crippen molar-refractivity contribution in [2.75, 3.05) is 13.2 Å². The summed E-state index contributed by atoms with van der Waals surface area (Å²) in [7, 11) is -1.79. The van der Waals surface area contributed by atoms with Crippen molar-refractivity contribution in [2.45, 2.75) is 57.8 Å². The molecule has 8 heteroatoms. The zero-order valence-electron chi connectivity index (χ0n) is 14.9. The summed E-state index contributed by atoms with van der Waals surface area (Å²) in [6, 6.07) is 9.26. The molecule has 0 radical (unpaired) electrons. The molecule has 1 aromatic carbocycles. The van der Waals surface area contributed by atoms with Crippen LogP contribution < -0.4 is 10.3 Å². The van der Waals surface area contributed by atoms with E-state index in [1.165, 1.54) is 32.1 Å². The maximum atomic E-state index is 9.60. The first-order valence-electron chi connectivity index (χ1n) is 8.61. The van der Waals surface area contributed by atoms with Gasteiger partial charge in [0, 0.05) is 0 Å². The molecule has 0 aliphatic heterocycles. The zero-order valence-corrected chi connectivity index (χ0v) is 15.8. The van der Waals surface area contributed by atoms with E-state index in [1.807, 2.05) is 30.3 Å². The van der Waals surface area contributed by atoms with Crippen molar-refractivity contribution in [2.24, 2.45) is 5.73 Å². The molecule has 0 aliphatic carbocycles. The van der Waals surface area contributed by atoms with Gasteiger partial charge in [-0.15, -0.1) is 0 Å². The fourth-order valence-electron chi connectivity index (χ4n) is 1.80. The van der Waals surface area contributed by atoms with Crippen molar-refractivity contribution in [1.29, 1.82) is 0 Å². The molecule has 1 atom stereocenters. The lowest BCUT2D eigenvalue weighted by Crippen LogP contribution is -2.36. The molecule has 0 aliphatic rings. The molecule has 0 aromatic heterocycles. The van der Waals surface area contributed by atoms with E-state index in [0.717, 1.165) is 12.8 Å². The number of aliphatic hydroxyl groups is 3. The van der Waals surface area contributed by atoms with E-state index in [1.54, 1.807) is 0 Å². The van der Waals surface area contributed by atoms with Crippen LogP contribution in [0.4, 0.5) is 0 Å². The van der Waals surface area contributed by atoms with Crippen molar-refractivity contribution in [3.8, 4) is 5.75 Å². The van der Waals surface area contributed by atoms with Gasteiger partial charge < -0.3 is 35.0 Å². The molecule has 6 N–H and O–H groups in total. The van der Waals surface area contributed by atoms with Gasteiger partial charge in [-0.05, 0) is 18.6 Å². The third-order valence-electron chi connectivity index (χ3n) is 3.15. The Morgan fingerprint density at radius 3 is 2.00 bits per heavy atom. The highest BCUT2D eigenvalue weighted by Gasteiger charge is 2.12. The maximum Gasteiger partial charge on any atom is 0.394 e. The average Bonchev–Trinajstić information content (AvgIpc) is 2.58. The Labute approximate surface area is 151 Å². The summed E-state index contributed by atoms with van der Waals surface area (Å²) < 4.78 is 10.5. The van der Waals surface area contributed by atoms with Crippen LogP contribution in [-0.4, -0.2) is 39.3 Å². The Morgan fingerprint density at radius 1 is 0.960 bits per heavy atom. The summed E-state index contributed by atoms with van der Waals surface area (Å²) in [5.41, 5.74) is 4.56. The summed E-state index contributed by atoms with van der Waals surface area (Å²) in [6.07, 6.45) is 8.68. The van der Waals surface area contributed by atoms with Gasteiger partial charge >= 0.3 is 8.60 Å². The van der Waals surface area contributed by atoms with Crippen LogP contribution in [0.2, 0.25) is 0 Å². The summed E-state index contributed by atoms with van der Waals surface area (Å²) in [6.45, 7) is 2.24. The second-order valence-electron chi connectivity index (χ2n) is 5.58. The number of para-hydroxylation sites is 1. The quantitative estimate of drug-likeness (QED) is 0.215. The van der Waals surface area contributed by atoms with Gasteiger partial charge in [-0.1, -0.05) is 63.6 Å². The Balaban J connectivity index is 0.000000823. The largest absolute Gasteiger partial charge is 0.427 e. The predicted molar refractivity (Wildman–Crippen MR) is 98.6 cm³/mol. The zero-order chi connectivity index (χ0) is 19.0. The van der Waals surface area contributed by atoms with Gasteiger partial charge in [0.25, 0.3) is 5.97 Å². The third-order valence-corrected chi connectivity index (χ3v) is 3.92.